The number of aromatic hydroxyl groups is 1. The Labute approximate surface area is 151 Å². The summed E-state index contributed by atoms with van der Waals surface area (Å²) in [5, 5.41) is 12.3. The molecule has 126 valence electrons. The normalized spacial score (nSPS) is 11.1. The van der Waals surface area contributed by atoms with E-state index in [4.69, 9.17) is 4.74 Å². The molecule has 0 fully saturated rings. The zero-order chi connectivity index (χ0) is 17.8. The second-order valence-electron chi connectivity index (χ2n) is 5.87. The number of aliphatic imine (C=N–C) groups is 1. The fourth-order valence-corrected chi connectivity index (χ4v) is 2.78. The Morgan fingerprint density at radius 1 is 0.731 bits per heavy atom. The summed E-state index contributed by atoms with van der Waals surface area (Å²) in [7, 11) is 0. The molecule has 0 heterocycles. The van der Waals surface area contributed by atoms with Crippen LogP contribution in [0.5, 0.6) is 17.2 Å². The molecule has 0 radical (unpaired) electrons. The number of para-hydroxylation sites is 3. The van der Waals surface area contributed by atoms with Crippen molar-refractivity contribution in [3.05, 3.63) is 96.6 Å². The summed E-state index contributed by atoms with van der Waals surface area (Å²) in [6.45, 7) is 0. The molecule has 0 saturated heterocycles. The highest BCUT2D eigenvalue weighted by atomic mass is 16.5. The van der Waals surface area contributed by atoms with Gasteiger partial charge < -0.3 is 9.84 Å². The number of phenolic OH excluding ortho intramolecular Hbond substituents is 1. The highest BCUT2D eigenvalue weighted by Gasteiger charge is 2.06. The van der Waals surface area contributed by atoms with E-state index in [1.165, 1.54) is 0 Å². The van der Waals surface area contributed by atoms with E-state index < -0.39 is 0 Å². The number of rotatable bonds is 4. The number of benzene rings is 4. The van der Waals surface area contributed by atoms with Gasteiger partial charge >= 0.3 is 0 Å². The monoisotopic (exact) mass is 339 g/mol. The zero-order valence-electron chi connectivity index (χ0n) is 14.0. The van der Waals surface area contributed by atoms with Crippen molar-refractivity contribution in [2.24, 2.45) is 4.99 Å². The first-order chi connectivity index (χ1) is 12.8. The minimum absolute atomic E-state index is 0.230. The Morgan fingerprint density at radius 2 is 1.46 bits per heavy atom. The SMILES string of the molecule is Oc1c(C=Nc2ccccc2Oc2ccccc2)ccc2ccccc12. The minimum Gasteiger partial charge on any atom is -0.507 e. The van der Waals surface area contributed by atoms with Crippen molar-refractivity contribution in [2.75, 3.05) is 0 Å². The third-order valence-corrected chi connectivity index (χ3v) is 4.11. The third-order valence-electron chi connectivity index (χ3n) is 4.11. The second-order valence-corrected chi connectivity index (χ2v) is 5.87. The second kappa shape index (κ2) is 7.11. The molecule has 0 unspecified atom stereocenters. The summed E-state index contributed by atoms with van der Waals surface area (Å²) in [6.07, 6.45) is 1.66. The Morgan fingerprint density at radius 3 is 2.35 bits per heavy atom. The molecule has 0 aliphatic heterocycles. The van der Waals surface area contributed by atoms with Gasteiger partial charge in [-0.2, -0.15) is 0 Å². The topological polar surface area (TPSA) is 41.8 Å². The highest BCUT2D eigenvalue weighted by Crippen LogP contribution is 2.32. The molecule has 0 aromatic heterocycles. The van der Waals surface area contributed by atoms with Crippen LogP contribution in [0.15, 0.2) is 96.0 Å². The molecule has 4 rings (SSSR count). The first kappa shape index (κ1) is 15.9. The van der Waals surface area contributed by atoms with Gasteiger partial charge in [0, 0.05) is 17.2 Å². The third kappa shape index (κ3) is 3.28. The number of fused-ring (bicyclic) bond motifs is 1. The molecule has 0 aliphatic carbocycles. The van der Waals surface area contributed by atoms with Crippen molar-refractivity contribution >= 4 is 22.7 Å². The predicted octanol–water partition coefficient (Wildman–Crippen LogP) is 6.09. The Hall–Kier alpha value is -3.59. The zero-order valence-corrected chi connectivity index (χ0v) is 14.0. The van der Waals surface area contributed by atoms with Gasteiger partial charge in [-0.3, -0.25) is 4.99 Å². The van der Waals surface area contributed by atoms with Crippen LogP contribution in [-0.2, 0) is 0 Å². The molecule has 26 heavy (non-hydrogen) atoms. The lowest BCUT2D eigenvalue weighted by Crippen LogP contribution is -1.86. The number of hydrogen-bond acceptors (Lipinski definition) is 3. The fraction of sp³-hybridized carbons (Fsp3) is 0. The Bertz CT molecular complexity index is 1070. The van der Waals surface area contributed by atoms with E-state index in [-0.39, 0.29) is 5.75 Å². The standard InChI is InChI=1S/C23H17NO2/c25-23-18(15-14-17-8-4-5-11-20(17)23)16-24-21-12-6-7-13-22(21)26-19-9-2-1-3-10-19/h1-16,25H. The molecular weight excluding hydrogens is 322 g/mol. The van der Waals surface area contributed by atoms with Crippen LogP contribution in [-0.4, -0.2) is 11.3 Å². The Kier molecular flexibility index (Phi) is 4.35. The van der Waals surface area contributed by atoms with Gasteiger partial charge in [0.2, 0.25) is 0 Å². The van der Waals surface area contributed by atoms with Crippen LogP contribution in [0.3, 0.4) is 0 Å². The van der Waals surface area contributed by atoms with Crippen LogP contribution >= 0.6 is 0 Å². The first-order valence-corrected chi connectivity index (χ1v) is 8.38. The van der Waals surface area contributed by atoms with Crippen LogP contribution in [0.1, 0.15) is 5.56 Å². The summed E-state index contributed by atoms with van der Waals surface area (Å²) >= 11 is 0. The molecule has 0 saturated carbocycles. The summed E-state index contributed by atoms with van der Waals surface area (Å²) in [5.74, 6) is 1.65. The molecule has 3 heteroatoms. The van der Waals surface area contributed by atoms with Crippen molar-refractivity contribution < 1.29 is 9.84 Å². The molecule has 4 aromatic carbocycles. The van der Waals surface area contributed by atoms with Crippen molar-refractivity contribution in [3.63, 3.8) is 0 Å². The number of phenols is 1. The van der Waals surface area contributed by atoms with Crippen LogP contribution in [0, 0.1) is 0 Å². The van der Waals surface area contributed by atoms with Crippen LogP contribution in [0.4, 0.5) is 5.69 Å². The number of ether oxygens (including phenoxy) is 1. The molecule has 3 nitrogen and oxygen atoms in total. The van der Waals surface area contributed by atoms with Crippen LogP contribution in [0.2, 0.25) is 0 Å². The molecule has 4 aromatic rings. The molecular formula is C23H17NO2. The van der Waals surface area contributed by atoms with Crippen molar-refractivity contribution in [2.45, 2.75) is 0 Å². The average molecular weight is 339 g/mol. The molecule has 0 aliphatic rings. The molecule has 1 N–H and O–H groups in total. The molecule has 0 spiro atoms. The fourth-order valence-electron chi connectivity index (χ4n) is 2.78. The first-order valence-electron chi connectivity index (χ1n) is 8.38. The van der Waals surface area contributed by atoms with E-state index in [1.54, 1.807) is 6.21 Å². The number of nitrogens with zero attached hydrogens (tertiary/aromatic N) is 1. The maximum atomic E-state index is 10.5. The van der Waals surface area contributed by atoms with Crippen LogP contribution in [0.25, 0.3) is 10.8 Å². The van der Waals surface area contributed by atoms with E-state index in [9.17, 15) is 5.11 Å². The number of hydrogen-bond donors (Lipinski definition) is 1. The van der Waals surface area contributed by atoms with E-state index in [0.717, 1.165) is 16.5 Å². The van der Waals surface area contributed by atoms with Gasteiger partial charge in [0.05, 0.1) is 0 Å². The van der Waals surface area contributed by atoms with E-state index in [1.807, 2.05) is 91.0 Å². The van der Waals surface area contributed by atoms with Crippen molar-refractivity contribution in [3.8, 4) is 17.2 Å². The van der Waals surface area contributed by atoms with Gasteiger partial charge in [0.1, 0.15) is 17.2 Å². The highest BCUT2D eigenvalue weighted by molar-refractivity contribution is 5.97. The maximum absolute atomic E-state index is 10.5. The summed E-state index contributed by atoms with van der Waals surface area (Å²) in [6, 6.07) is 28.7. The molecule has 0 bridgehead atoms. The van der Waals surface area contributed by atoms with Gasteiger partial charge in [0.25, 0.3) is 0 Å². The quantitative estimate of drug-likeness (QED) is 0.457. The van der Waals surface area contributed by atoms with Gasteiger partial charge in [-0.05, 0) is 35.7 Å². The predicted molar refractivity (Wildman–Crippen MR) is 106 cm³/mol. The van der Waals surface area contributed by atoms with Crippen molar-refractivity contribution in [1.82, 2.24) is 0 Å². The van der Waals surface area contributed by atoms with E-state index in [2.05, 4.69) is 4.99 Å². The summed E-state index contributed by atoms with van der Waals surface area (Å²) < 4.78 is 5.92. The largest absolute Gasteiger partial charge is 0.507 e. The average Bonchev–Trinajstić information content (AvgIpc) is 2.69. The van der Waals surface area contributed by atoms with Crippen molar-refractivity contribution in [1.29, 1.82) is 0 Å². The van der Waals surface area contributed by atoms with E-state index >= 15 is 0 Å². The minimum atomic E-state index is 0.230. The molecule has 0 atom stereocenters. The van der Waals surface area contributed by atoms with Gasteiger partial charge in [-0.1, -0.05) is 60.7 Å². The van der Waals surface area contributed by atoms with Gasteiger partial charge in [0.15, 0.2) is 5.75 Å². The smallest absolute Gasteiger partial charge is 0.153 e. The molecule has 0 amide bonds. The van der Waals surface area contributed by atoms with Gasteiger partial charge in [-0.15, -0.1) is 0 Å². The lowest BCUT2D eigenvalue weighted by Gasteiger charge is -2.08. The Balaban J connectivity index is 1.66. The van der Waals surface area contributed by atoms with Crippen LogP contribution < -0.4 is 4.74 Å². The maximum Gasteiger partial charge on any atom is 0.153 e. The lowest BCUT2D eigenvalue weighted by molar-refractivity contribution is 0.480. The lowest BCUT2D eigenvalue weighted by atomic mass is 10.1. The summed E-state index contributed by atoms with van der Waals surface area (Å²) in [5.41, 5.74) is 1.36. The van der Waals surface area contributed by atoms with Gasteiger partial charge in [-0.25, -0.2) is 0 Å². The van der Waals surface area contributed by atoms with E-state index in [0.29, 0.717) is 17.0 Å². The summed E-state index contributed by atoms with van der Waals surface area (Å²) in [4.78, 5) is 4.53.